The fraction of sp³-hybridized carbons (Fsp3) is 0.333. The average molecular weight is 1200 g/mol. The lowest BCUT2D eigenvalue weighted by Crippen LogP contribution is -2.56. The molecule has 0 atom stereocenters. The number of quaternary nitrogens is 2. The Labute approximate surface area is 495 Å². The molecule has 0 aromatic heterocycles. The Morgan fingerprint density at radius 3 is 0.738 bits per heavy atom. The van der Waals surface area contributed by atoms with E-state index in [1.54, 1.807) is 0 Å². The summed E-state index contributed by atoms with van der Waals surface area (Å²) in [6.07, 6.45) is 0. The van der Waals surface area contributed by atoms with E-state index in [2.05, 4.69) is 247 Å². The van der Waals surface area contributed by atoms with Crippen LogP contribution in [0.25, 0.3) is 21.5 Å². The lowest BCUT2D eigenvalue weighted by Gasteiger charge is -2.28. The van der Waals surface area contributed by atoms with Gasteiger partial charge in [-0.1, -0.05) is 221 Å². The van der Waals surface area contributed by atoms with Crippen molar-refractivity contribution in [3.05, 3.63) is 199 Å². The minimum absolute atomic E-state index is 0.193. The van der Waals surface area contributed by atoms with Crippen molar-refractivity contribution in [2.45, 2.75) is 107 Å². The van der Waals surface area contributed by atoms with Crippen LogP contribution in [0, 0.1) is 83.1 Å². The largest absolute Gasteiger partial charge is 0.741 e. The molecular formula is C66H78B2F6N2O6S2. The van der Waals surface area contributed by atoms with Crippen LogP contribution >= 0.6 is 0 Å². The first-order valence-electron chi connectivity index (χ1n) is 27.4. The zero-order chi connectivity index (χ0) is 63.6. The maximum Gasteiger partial charge on any atom is 0.485 e. The fourth-order valence-corrected chi connectivity index (χ4v) is 12.2. The van der Waals surface area contributed by atoms with Gasteiger partial charge in [0, 0.05) is 11.1 Å². The van der Waals surface area contributed by atoms with Gasteiger partial charge in [-0.25, -0.2) is 16.8 Å². The molecule has 0 N–H and O–H groups in total. The maximum absolute atomic E-state index is 10.7. The van der Waals surface area contributed by atoms with Gasteiger partial charge in [0.25, 0.3) is 0 Å². The van der Waals surface area contributed by atoms with Gasteiger partial charge >= 0.3 is 11.0 Å². The Morgan fingerprint density at radius 1 is 0.369 bits per heavy atom. The standard InChI is InChI=1S/2C32H39BN.2CHF3O3S/c2*1-21-16-23(3)31(24(4)17-21)33(32-25(5)18-22(2)19-26(32)6)29-15-11-13-27-12-10-14-28(30(27)29)20-34(7,8)9;2*2-1(3,4)8(5,6)7/h2*10-19H,20H2,1-9H3;2*(H,5,6,7)/q2*+1;;/p-2. The van der Waals surface area contributed by atoms with E-state index in [4.69, 9.17) is 25.9 Å². The summed E-state index contributed by atoms with van der Waals surface area (Å²) in [5, 5.41) is 5.50. The summed E-state index contributed by atoms with van der Waals surface area (Å²) in [5.41, 5.74) is 16.6. The average Bonchev–Trinajstić information content (AvgIpc) is 0.859. The number of rotatable bonds is 10. The number of hydrogen-bond donors (Lipinski definition) is 0. The molecule has 84 heavy (non-hydrogen) atoms. The molecule has 0 fully saturated rings. The minimum atomic E-state index is -6.09. The molecular weight excluding hydrogens is 1120 g/mol. The molecule has 0 amide bonds. The molecule has 0 bridgehead atoms. The smallest absolute Gasteiger partial charge is 0.485 e. The van der Waals surface area contributed by atoms with Gasteiger partial charge in [-0.2, -0.15) is 26.3 Å². The fourth-order valence-electron chi connectivity index (χ4n) is 12.2. The maximum atomic E-state index is 10.7. The molecule has 0 saturated heterocycles. The molecule has 0 radical (unpaired) electrons. The molecule has 8 aromatic carbocycles. The van der Waals surface area contributed by atoms with E-state index in [0.29, 0.717) is 0 Å². The van der Waals surface area contributed by atoms with Crippen molar-refractivity contribution in [3.63, 3.8) is 0 Å². The molecule has 8 nitrogen and oxygen atoms in total. The third-order valence-corrected chi connectivity index (χ3v) is 15.8. The monoisotopic (exact) mass is 1190 g/mol. The van der Waals surface area contributed by atoms with E-state index in [1.165, 1.54) is 132 Å². The predicted molar refractivity (Wildman–Crippen MR) is 335 cm³/mol. The zero-order valence-electron chi connectivity index (χ0n) is 51.5. The molecule has 0 spiro atoms. The summed E-state index contributed by atoms with van der Waals surface area (Å²) in [6, 6.07) is 46.3. The van der Waals surface area contributed by atoms with Crippen LogP contribution in [0.15, 0.2) is 121 Å². The predicted octanol–water partition coefficient (Wildman–Crippen LogP) is 10.9. The summed E-state index contributed by atoms with van der Waals surface area (Å²) in [6.45, 7) is 29.5. The molecule has 0 heterocycles. The summed E-state index contributed by atoms with van der Waals surface area (Å²) < 4.78 is 120. The summed E-state index contributed by atoms with van der Waals surface area (Å²) in [5.74, 6) is 0. The van der Waals surface area contributed by atoms with Crippen molar-refractivity contribution in [3.8, 4) is 0 Å². The van der Waals surface area contributed by atoms with Crippen molar-refractivity contribution >= 4 is 88.0 Å². The van der Waals surface area contributed by atoms with Crippen molar-refractivity contribution in [1.29, 1.82) is 0 Å². The number of alkyl halides is 6. The molecule has 448 valence electrons. The van der Waals surface area contributed by atoms with Crippen LogP contribution in [-0.4, -0.2) is 102 Å². The normalized spacial score (nSPS) is 12.2. The van der Waals surface area contributed by atoms with E-state index in [-0.39, 0.29) is 13.4 Å². The van der Waals surface area contributed by atoms with Crippen LogP contribution in [0.4, 0.5) is 26.3 Å². The molecule has 0 aliphatic heterocycles. The third kappa shape index (κ3) is 17.0. The molecule has 0 aliphatic rings. The zero-order valence-corrected chi connectivity index (χ0v) is 53.2. The number of hydrogen-bond acceptors (Lipinski definition) is 6. The van der Waals surface area contributed by atoms with Crippen LogP contribution in [0.2, 0.25) is 0 Å². The lowest BCUT2D eigenvalue weighted by atomic mass is 9.33. The van der Waals surface area contributed by atoms with Gasteiger partial charge in [-0.05, 0) is 105 Å². The van der Waals surface area contributed by atoms with Crippen molar-refractivity contribution in [2.24, 2.45) is 0 Å². The second-order valence-corrected chi connectivity index (χ2v) is 27.3. The van der Waals surface area contributed by atoms with Crippen LogP contribution in [0.5, 0.6) is 0 Å². The summed E-state index contributed by atoms with van der Waals surface area (Å²) in [4.78, 5) is 0. The van der Waals surface area contributed by atoms with E-state index >= 15 is 0 Å². The topological polar surface area (TPSA) is 114 Å². The second-order valence-electron chi connectivity index (χ2n) is 24.5. The summed E-state index contributed by atoms with van der Waals surface area (Å²) >= 11 is 0. The van der Waals surface area contributed by atoms with Gasteiger partial charge in [-0.15, -0.1) is 0 Å². The summed E-state index contributed by atoms with van der Waals surface area (Å²) in [7, 11) is 1.49. The molecule has 0 saturated carbocycles. The van der Waals surface area contributed by atoms with E-state index in [0.717, 1.165) is 22.1 Å². The Balaban J connectivity index is 0.000000244. The van der Waals surface area contributed by atoms with Crippen molar-refractivity contribution in [2.75, 3.05) is 42.3 Å². The number of fused-ring (bicyclic) bond motifs is 2. The molecule has 8 rings (SSSR count). The van der Waals surface area contributed by atoms with Gasteiger partial charge in [0.15, 0.2) is 20.2 Å². The number of benzene rings is 8. The highest BCUT2D eigenvalue weighted by atomic mass is 32.2. The van der Waals surface area contributed by atoms with E-state index in [1.807, 2.05) is 0 Å². The van der Waals surface area contributed by atoms with Gasteiger partial charge < -0.3 is 18.1 Å². The SMILES string of the molecule is Cc1cc(C)c(B(c2c(C)cc(C)cc2C)c2cccc3cccc(C[N+](C)(C)C)c23)c(C)c1.Cc1cc(C)c(B(c2c(C)cc(C)cc2C)c2cccc3cccc(C[N+](C)(C)C)c23)c(C)c1.O=S(=O)([O-])C(F)(F)F.O=S(=O)([O-])C(F)(F)F. The Hall–Kier alpha value is -6.27. The van der Waals surface area contributed by atoms with Crippen LogP contribution in [0.3, 0.4) is 0 Å². The quantitative estimate of drug-likeness (QED) is 0.0443. The van der Waals surface area contributed by atoms with Gasteiger partial charge in [0.1, 0.15) is 13.1 Å². The van der Waals surface area contributed by atoms with Crippen LogP contribution in [0.1, 0.15) is 77.9 Å². The first kappa shape index (κ1) is 68.5. The van der Waals surface area contributed by atoms with E-state index in [9.17, 15) is 26.3 Å². The number of aryl methyl sites for hydroxylation is 12. The lowest BCUT2D eigenvalue weighted by molar-refractivity contribution is -0.883. The second kappa shape index (κ2) is 26.1. The Morgan fingerprint density at radius 2 is 0.560 bits per heavy atom. The molecule has 8 aromatic rings. The number of halogens is 6. The van der Waals surface area contributed by atoms with Gasteiger partial charge in [0.05, 0.1) is 42.3 Å². The molecule has 0 aliphatic carbocycles. The highest BCUT2D eigenvalue weighted by molar-refractivity contribution is 7.86. The Kier molecular flexibility index (Phi) is 21.3. The van der Waals surface area contributed by atoms with Crippen molar-refractivity contribution in [1.82, 2.24) is 0 Å². The van der Waals surface area contributed by atoms with Gasteiger partial charge in [-0.3, -0.25) is 0 Å². The van der Waals surface area contributed by atoms with Crippen LogP contribution < -0.4 is 32.8 Å². The first-order valence-corrected chi connectivity index (χ1v) is 30.2. The highest BCUT2D eigenvalue weighted by Gasteiger charge is 2.38. The Bertz CT molecular complexity index is 3490. The number of nitrogens with zero attached hydrogens (tertiary/aromatic N) is 2. The first-order chi connectivity index (χ1) is 38.4. The van der Waals surface area contributed by atoms with Gasteiger partial charge in [0.2, 0.25) is 13.4 Å². The van der Waals surface area contributed by atoms with Crippen molar-refractivity contribution < 1.29 is 61.2 Å². The van der Waals surface area contributed by atoms with Crippen LogP contribution in [-0.2, 0) is 33.3 Å². The third-order valence-electron chi connectivity index (χ3n) is 14.6. The van der Waals surface area contributed by atoms with E-state index < -0.39 is 31.3 Å². The minimum Gasteiger partial charge on any atom is -0.741 e. The molecule has 18 heteroatoms. The highest BCUT2D eigenvalue weighted by Crippen LogP contribution is 2.26. The molecule has 0 unspecified atom stereocenters.